The standard InChI is InChI=1S/C22H25FN8O3/c1-22(5-6-22)28-21(32)34-16-4-3-14(18(16)23)15-7-17(30-29-15)27-20-25-9-12(8-24)19-26-13(11-33-2)10-31(19)20/h7,9-10,14,16,18H,3-6,11H2,1-2H3,(H,28,32)(H2,25,27,29,30)/t14-,16-,18-/m0/s1. The van der Waals surface area contributed by atoms with E-state index in [1.807, 2.05) is 6.92 Å². The largest absolute Gasteiger partial charge is 0.443 e. The molecular formula is C22H25FN8O3. The van der Waals surface area contributed by atoms with Crippen molar-refractivity contribution in [3.63, 3.8) is 0 Å². The van der Waals surface area contributed by atoms with Crippen LogP contribution in [0.25, 0.3) is 5.65 Å². The summed E-state index contributed by atoms with van der Waals surface area (Å²) in [5.74, 6) is 0.371. The molecule has 2 aliphatic carbocycles. The molecule has 3 N–H and O–H groups in total. The predicted octanol–water partition coefficient (Wildman–Crippen LogP) is 3.08. The number of fused-ring (bicyclic) bond motifs is 1. The van der Waals surface area contributed by atoms with Crippen LogP contribution in [0.4, 0.5) is 21.0 Å². The zero-order valence-corrected chi connectivity index (χ0v) is 18.8. The van der Waals surface area contributed by atoms with E-state index < -0.39 is 24.3 Å². The van der Waals surface area contributed by atoms with Gasteiger partial charge in [0.2, 0.25) is 5.95 Å². The van der Waals surface area contributed by atoms with Gasteiger partial charge < -0.3 is 20.1 Å². The molecule has 2 aliphatic rings. The molecule has 0 aliphatic heterocycles. The Bertz CT molecular complexity index is 1260. The third-order valence-electron chi connectivity index (χ3n) is 6.35. The minimum atomic E-state index is -1.34. The summed E-state index contributed by atoms with van der Waals surface area (Å²) in [4.78, 5) is 20.8. The van der Waals surface area contributed by atoms with E-state index in [9.17, 15) is 10.1 Å². The number of amides is 1. The van der Waals surface area contributed by atoms with Crippen LogP contribution in [0.5, 0.6) is 0 Å². The molecule has 2 saturated carbocycles. The second-order valence-corrected chi connectivity index (χ2v) is 9.06. The Morgan fingerprint density at radius 1 is 1.44 bits per heavy atom. The summed E-state index contributed by atoms with van der Waals surface area (Å²) < 4.78 is 27.2. The van der Waals surface area contributed by atoms with E-state index in [2.05, 4.69) is 36.9 Å². The van der Waals surface area contributed by atoms with E-state index in [1.54, 1.807) is 23.8 Å². The average Bonchev–Trinajstić information content (AvgIpc) is 3.16. The zero-order chi connectivity index (χ0) is 23.9. The number of imidazole rings is 1. The van der Waals surface area contributed by atoms with Gasteiger partial charge in [0.1, 0.15) is 23.9 Å². The number of aromatic nitrogens is 5. The minimum absolute atomic E-state index is 0.213. The van der Waals surface area contributed by atoms with Crippen LogP contribution in [0, 0.1) is 11.3 Å². The van der Waals surface area contributed by atoms with Gasteiger partial charge in [0, 0.05) is 36.5 Å². The third kappa shape index (κ3) is 4.26. The molecule has 12 heteroatoms. The summed E-state index contributed by atoms with van der Waals surface area (Å²) in [5.41, 5.74) is 1.81. The van der Waals surface area contributed by atoms with Crippen molar-refractivity contribution in [3.8, 4) is 6.07 Å². The van der Waals surface area contributed by atoms with Gasteiger partial charge >= 0.3 is 6.09 Å². The molecule has 5 rings (SSSR count). The summed E-state index contributed by atoms with van der Waals surface area (Å²) in [6.07, 6.45) is 3.24. The first-order valence-corrected chi connectivity index (χ1v) is 11.1. The van der Waals surface area contributed by atoms with E-state index in [0.717, 1.165) is 12.8 Å². The Morgan fingerprint density at radius 3 is 3.00 bits per heavy atom. The topological polar surface area (TPSA) is 142 Å². The number of rotatable bonds is 7. The van der Waals surface area contributed by atoms with Gasteiger partial charge in [-0.2, -0.15) is 10.4 Å². The number of hydrogen-bond acceptors (Lipinski definition) is 8. The molecule has 1 amide bonds. The molecule has 0 spiro atoms. The lowest BCUT2D eigenvalue weighted by Gasteiger charge is -2.19. The smallest absolute Gasteiger partial charge is 0.407 e. The van der Waals surface area contributed by atoms with Crippen molar-refractivity contribution in [1.82, 2.24) is 29.9 Å². The highest BCUT2D eigenvalue weighted by Gasteiger charge is 2.43. The molecule has 34 heavy (non-hydrogen) atoms. The molecule has 0 bridgehead atoms. The number of alkyl halides is 1. The number of aromatic amines is 1. The van der Waals surface area contributed by atoms with Gasteiger partial charge in [-0.1, -0.05) is 0 Å². The van der Waals surface area contributed by atoms with Crippen LogP contribution < -0.4 is 10.6 Å². The Balaban J connectivity index is 1.29. The van der Waals surface area contributed by atoms with Crippen LogP contribution in [0.15, 0.2) is 18.5 Å². The van der Waals surface area contributed by atoms with Crippen molar-refractivity contribution in [1.29, 1.82) is 5.26 Å². The first kappa shape index (κ1) is 22.1. The number of nitriles is 1. The fourth-order valence-electron chi connectivity index (χ4n) is 4.22. The summed E-state index contributed by atoms with van der Waals surface area (Å²) in [6.45, 7) is 2.23. The number of carbonyl (C=O) groups excluding carboxylic acids is 1. The first-order chi connectivity index (χ1) is 16.4. The Hall–Kier alpha value is -3.72. The lowest BCUT2D eigenvalue weighted by molar-refractivity contribution is 0.0546. The Labute approximate surface area is 194 Å². The first-order valence-electron chi connectivity index (χ1n) is 11.1. The number of alkyl carbamates (subject to hydrolysis) is 1. The van der Waals surface area contributed by atoms with E-state index in [4.69, 9.17) is 9.47 Å². The molecule has 0 unspecified atom stereocenters. The second kappa shape index (κ2) is 8.57. The molecule has 3 aromatic rings. The maximum absolute atomic E-state index is 15.1. The van der Waals surface area contributed by atoms with Crippen molar-refractivity contribution >= 4 is 23.5 Å². The van der Waals surface area contributed by atoms with Gasteiger partial charge in [-0.3, -0.25) is 9.50 Å². The fraction of sp³-hybridized carbons (Fsp3) is 0.500. The normalized spacial score (nSPS) is 22.9. The number of hydrogen-bond donors (Lipinski definition) is 3. The van der Waals surface area contributed by atoms with Crippen LogP contribution in [0.2, 0.25) is 0 Å². The molecule has 0 saturated heterocycles. The number of anilines is 2. The predicted molar refractivity (Wildman–Crippen MR) is 118 cm³/mol. The lowest BCUT2D eigenvalue weighted by atomic mass is 10.0. The number of methoxy groups -OCH3 is 1. The summed E-state index contributed by atoms with van der Waals surface area (Å²) in [5, 5.41) is 22.4. The molecular weight excluding hydrogens is 443 g/mol. The molecule has 2 fully saturated rings. The van der Waals surface area contributed by atoms with Gasteiger partial charge in [0.15, 0.2) is 11.5 Å². The van der Waals surface area contributed by atoms with E-state index in [0.29, 0.717) is 53.8 Å². The van der Waals surface area contributed by atoms with Crippen molar-refractivity contribution in [2.24, 2.45) is 0 Å². The Morgan fingerprint density at radius 2 is 2.26 bits per heavy atom. The number of halogens is 1. The van der Waals surface area contributed by atoms with E-state index in [-0.39, 0.29) is 5.54 Å². The van der Waals surface area contributed by atoms with Crippen LogP contribution in [0.1, 0.15) is 55.5 Å². The van der Waals surface area contributed by atoms with Gasteiger partial charge in [0.25, 0.3) is 0 Å². The van der Waals surface area contributed by atoms with Crippen molar-refractivity contribution < 1.29 is 18.7 Å². The summed E-state index contributed by atoms with van der Waals surface area (Å²) >= 11 is 0. The van der Waals surface area contributed by atoms with E-state index in [1.165, 1.54) is 6.20 Å². The van der Waals surface area contributed by atoms with Crippen molar-refractivity contribution in [2.45, 2.75) is 62.9 Å². The van der Waals surface area contributed by atoms with Gasteiger partial charge in [-0.25, -0.2) is 19.2 Å². The van der Waals surface area contributed by atoms with Gasteiger partial charge in [-0.05, 0) is 32.6 Å². The minimum Gasteiger partial charge on any atom is -0.443 e. The van der Waals surface area contributed by atoms with Gasteiger partial charge in [0.05, 0.1) is 18.5 Å². The van der Waals surface area contributed by atoms with E-state index >= 15 is 4.39 Å². The van der Waals surface area contributed by atoms with Gasteiger partial charge in [-0.15, -0.1) is 0 Å². The monoisotopic (exact) mass is 468 g/mol. The van der Waals surface area contributed by atoms with Crippen LogP contribution >= 0.6 is 0 Å². The maximum atomic E-state index is 15.1. The molecule has 3 heterocycles. The molecule has 0 radical (unpaired) electrons. The number of H-pyrrole nitrogens is 1. The lowest BCUT2D eigenvalue weighted by Crippen LogP contribution is -2.38. The van der Waals surface area contributed by atoms with Crippen molar-refractivity contribution in [2.75, 3.05) is 12.4 Å². The molecule has 178 valence electrons. The SMILES string of the molecule is COCc1cn2c(Nc3cc([C@@H]4CC[C@H](OC(=O)NC5(C)CC5)[C@H]4F)[nH]n3)ncc(C#N)c2n1. The van der Waals surface area contributed by atoms with Crippen molar-refractivity contribution in [3.05, 3.63) is 35.4 Å². The Kier molecular flexibility index (Phi) is 5.57. The number of nitrogens with one attached hydrogen (secondary N) is 3. The molecule has 3 atom stereocenters. The quantitative estimate of drug-likeness (QED) is 0.480. The zero-order valence-electron chi connectivity index (χ0n) is 18.8. The molecule has 0 aromatic carbocycles. The fourth-order valence-corrected chi connectivity index (χ4v) is 4.22. The number of carbonyl (C=O) groups is 1. The summed E-state index contributed by atoms with van der Waals surface area (Å²) in [7, 11) is 1.56. The highest BCUT2D eigenvalue weighted by atomic mass is 19.1. The third-order valence-corrected chi connectivity index (χ3v) is 6.35. The van der Waals surface area contributed by atoms with Crippen LogP contribution in [-0.2, 0) is 16.1 Å². The molecule has 3 aromatic heterocycles. The molecule has 11 nitrogen and oxygen atoms in total. The average molecular weight is 468 g/mol. The van der Waals surface area contributed by atoms with Crippen LogP contribution in [0.3, 0.4) is 0 Å². The summed E-state index contributed by atoms with van der Waals surface area (Å²) in [6, 6.07) is 3.79. The van der Waals surface area contributed by atoms with Crippen LogP contribution in [-0.4, -0.2) is 55.6 Å². The number of ether oxygens (including phenoxy) is 2. The number of nitrogens with zero attached hydrogens (tertiary/aromatic N) is 5. The highest BCUT2D eigenvalue weighted by molar-refractivity contribution is 5.69. The highest BCUT2D eigenvalue weighted by Crippen LogP contribution is 2.39. The maximum Gasteiger partial charge on any atom is 0.407 e. The second-order valence-electron chi connectivity index (χ2n) is 9.06.